The van der Waals surface area contributed by atoms with Gasteiger partial charge in [-0.3, -0.25) is 10.1 Å². The highest BCUT2D eigenvalue weighted by atomic mass is 35.5. The molecule has 0 bridgehead atoms. The molecule has 19 heavy (non-hydrogen) atoms. The number of anilines is 1. The number of rotatable bonds is 5. The molecule has 0 N–H and O–H groups in total. The van der Waals surface area contributed by atoms with Crippen LogP contribution in [0.25, 0.3) is 0 Å². The SMILES string of the molecule is Cc1nc(Cl)nc(N(CC(C)C)C2CC2)c1[N+](=O)[O-]. The molecule has 0 radical (unpaired) electrons. The summed E-state index contributed by atoms with van der Waals surface area (Å²) in [6.07, 6.45) is 2.09. The molecular weight excluding hydrogens is 268 g/mol. The molecule has 0 amide bonds. The van der Waals surface area contributed by atoms with Crippen LogP contribution in [0.2, 0.25) is 5.28 Å². The zero-order chi connectivity index (χ0) is 14.2. The second-order valence-corrected chi connectivity index (χ2v) is 5.62. The minimum atomic E-state index is -0.420. The van der Waals surface area contributed by atoms with Gasteiger partial charge in [-0.05, 0) is 37.3 Å². The minimum Gasteiger partial charge on any atom is -0.348 e. The third-order valence-corrected chi connectivity index (χ3v) is 3.19. The molecule has 0 aromatic carbocycles. The first-order valence-electron chi connectivity index (χ1n) is 6.35. The van der Waals surface area contributed by atoms with Crippen molar-refractivity contribution in [3.63, 3.8) is 0 Å². The maximum Gasteiger partial charge on any atom is 0.332 e. The monoisotopic (exact) mass is 284 g/mol. The van der Waals surface area contributed by atoms with Crippen LogP contribution in [-0.4, -0.2) is 27.5 Å². The molecule has 104 valence electrons. The molecule has 0 aliphatic heterocycles. The molecule has 0 atom stereocenters. The van der Waals surface area contributed by atoms with E-state index >= 15 is 0 Å². The highest BCUT2D eigenvalue weighted by molar-refractivity contribution is 6.28. The van der Waals surface area contributed by atoms with Crippen molar-refractivity contribution in [2.24, 2.45) is 5.92 Å². The van der Waals surface area contributed by atoms with E-state index in [1.165, 1.54) is 0 Å². The first-order valence-corrected chi connectivity index (χ1v) is 6.73. The molecule has 1 saturated carbocycles. The third kappa shape index (κ3) is 3.12. The highest BCUT2D eigenvalue weighted by Crippen LogP contribution is 2.37. The summed E-state index contributed by atoms with van der Waals surface area (Å²) in [5, 5.41) is 11.3. The molecular formula is C12H17ClN4O2. The maximum absolute atomic E-state index is 11.2. The largest absolute Gasteiger partial charge is 0.348 e. The molecule has 1 heterocycles. The van der Waals surface area contributed by atoms with Gasteiger partial charge in [0.1, 0.15) is 5.69 Å². The third-order valence-electron chi connectivity index (χ3n) is 3.02. The van der Waals surface area contributed by atoms with E-state index < -0.39 is 4.92 Å². The number of aryl methyl sites for hydroxylation is 1. The predicted octanol–water partition coefficient (Wildman–Crippen LogP) is 2.97. The minimum absolute atomic E-state index is 0.0306. The second-order valence-electron chi connectivity index (χ2n) is 5.28. The molecule has 1 aromatic rings. The Bertz CT molecular complexity index is 503. The van der Waals surface area contributed by atoms with Crippen molar-refractivity contribution in [1.29, 1.82) is 0 Å². The lowest BCUT2D eigenvalue weighted by Gasteiger charge is -2.25. The van der Waals surface area contributed by atoms with E-state index in [0.29, 0.717) is 23.5 Å². The van der Waals surface area contributed by atoms with Gasteiger partial charge >= 0.3 is 5.69 Å². The van der Waals surface area contributed by atoms with Crippen LogP contribution in [0.3, 0.4) is 0 Å². The van der Waals surface area contributed by atoms with Gasteiger partial charge in [0, 0.05) is 12.6 Å². The van der Waals surface area contributed by atoms with Gasteiger partial charge in [-0.1, -0.05) is 13.8 Å². The van der Waals surface area contributed by atoms with Crippen LogP contribution in [0.1, 0.15) is 32.4 Å². The number of nitrogens with zero attached hydrogens (tertiary/aromatic N) is 4. The molecule has 1 fully saturated rings. The van der Waals surface area contributed by atoms with Crippen LogP contribution in [0.5, 0.6) is 0 Å². The number of hydrogen-bond donors (Lipinski definition) is 0. The van der Waals surface area contributed by atoms with Crippen molar-refractivity contribution in [3.05, 3.63) is 21.1 Å². The normalized spacial score (nSPS) is 14.8. The van der Waals surface area contributed by atoms with E-state index in [4.69, 9.17) is 11.6 Å². The maximum atomic E-state index is 11.2. The van der Waals surface area contributed by atoms with Gasteiger partial charge in [-0.15, -0.1) is 0 Å². The Morgan fingerprint density at radius 3 is 2.58 bits per heavy atom. The van der Waals surface area contributed by atoms with Gasteiger partial charge in [-0.25, -0.2) is 4.98 Å². The van der Waals surface area contributed by atoms with E-state index in [0.717, 1.165) is 19.4 Å². The van der Waals surface area contributed by atoms with Gasteiger partial charge in [0.25, 0.3) is 0 Å². The van der Waals surface area contributed by atoms with Gasteiger partial charge in [0.05, 0.1) is 4.92 Å². The van der Waals surface area contributed by atoms with Crippen LogP contribution in [0.15, 0.2) is 0 Å². The quantitative estimate of drug-likeness (QED) is 0.472. The van der Waals surface area contributed by atoms with Gasteiger partial charge in [-0.2, -0.15) is 4.98 Å². The van der Waals surface area contributed by atoms with Crippen LogP contribution >= 0.6 is 11.6 Å². The Morgan fingerprint density at radius 1 is 1.47 bits per heavy atom. The zero-order valence-electron chi connectivity index (χ0n) is 11.3. The Labute approximate surface area is 117 Å². The van der Waals surface area contributed by atoms with Crippen LogP contribution < -0.4 is 4.90 Å². The predicted molar refractivity (Wildman–Crippen MR) is 73.6 cm³/mol. The van der Waals surface area contributed by atoms with Crippen LogP contribution in [0, 0.1) is 23.0 Å². The fourth-order valence-electron chi connectivity index (χ4n) is 2.12. The Kier molecular flexibility index (Phi) is 3.89. The number of aromatic nitrogens is 2. The summed E-state index contributed by atoms with van der Waals surface area (Å²) in [5.74, 6) is 0.757. The van der Waals surface area contributed by atoms with Crippen LogP contribution in [0.4, 0.5) is 11.5 Å². The molecule has 0 saturated heterocycles. The van der Waals surface area contributed by atoms with Crippen molar-refractivity contribution in [2.45, 2.75) is 39.7 Å². The molecule has 7 heteroatoms. The molecule has 6 nitrogen and oxygen atoms in total. The molecule has 2 rings (SSSR count). The van der Waals surface area contributed by atoms with Gasteiger partial charge in [0.15, 0.2) is 0 Å². The number of nitro groups is 1. The topological polar surface area (TPSA) is 72.2 Å². The summed E-state index contributed by atoms with van der Waals surface area (Å²) >= 11 is 5.86. The van der Waals surface area contributed by atoms with E-state index in [-0.39, 0.29) is 11.0 Å². The number of hydrogen-bond acceptors (Lipinski definition) is 5. The van der Waals surface area contributed by atoms with E-state index in [2.05, 4.69) is 23.8 Å². The van der Waals surface area contributed by atoms with E-state index in [1.54, 1.807) is 6.92 Å². The second kappa shape index (κ2) is 5.28. The summed E-state index contributed by atoms with van der Waals surface area (Å²) in [6.45, 7) is 6.49. The molecule has 0 spiro atoms. The standard InChI is InChI=1S/C12H17ClN4O2/c1-7(2)6-16(9-4-5-9)11-10(17(18)19)8(3)14-12(13)15-11/h7,9H,4-6H2,1-3H3. The molecule has 1 aliphatic carbocycles. The first kappa shape index (κ1) is 14.0. The Balaban J connectivity index is 2.48. The molecule has 1 aliphatic rings. The first-order chi connectivity index (χ1) is 8.90. The van der Waals surface area contributed by atoms with Gasteiger partial charge < -0.3 is 4.90 Å². The fourth-order valence-corrected chi connectivity index (χ4v) is 2.33. The molecule has 0 unspecified atom stereocenters. The lowest BCUT2D eigenvalue weighted by atomic mass is 10.2. The average Bonchev–Trinajstić information content (AvgIpc) is 3.07. The van der Waals surface area contributed by atoms with E-state index in [1.807, 2.05) is 4.90 Å². The molecule has 1 aromatic heterocycles. The lowest BCUT2D eigenvalue weighted by molar-refractivity contribution is -0.385. The number of halogens is 1. The van der Waals surface area contributed by atoms with Gasteiger partial charge in [0.2, 0.25) is 11.1 Å². The summed E-state index contributed by atoms with van der Waals surface area (Å²) in [6, 6.07) is 0.339. The smallest absolute Gasteiger partial charge is 0.332 e. The summed E-state index contributed by atoms with van der Waals surface area (Å²) in [4.78, 5) is 20.8. The fraction of sp³-hybridized carbons (Fsp3) is 0.667. The van der Waals surface area contributed by atoms with Crippen molar-refractivity contribution < 1.29 is 4.92 Å². The highest BCUT2D eigenvalue weighted by Gasteiger charge is 2.36. The Hall–Kier alpha value is -1.43. The van der Waals surface area contributed by atoms with Crippen molar-refractivity contribution in [2.75, 3.05) is 11.4 Å². The summed E-state index contributed by atoms with van der Waals surface area (Å²) < 4.78 is 0. The van der Waals surface area contributed by atoms with Crippen molar-refractivity contribution in [3.8, 4) is 0 Å². The summed E-state index contributed by atoms with van der Waals surface area (Å²) in [5.41, 5.74) is 0.284. The zero-order valence-corrected chi connectivity index (χ0v) is 12.0. The Morgan fingerprint density at radius 2 is 2.11 bits per heavy atom. The van der Waals surface area contributed by atoms with Crippen molar-refractivity contribution in [1.82, 2.24) is 9.97 Å². The van der Waals surface area contributed by atoms with E-state index in [9.17, 15) is 10.1 Å². The lowest BCUT2D eigenvalue weighted by Crippen LogP contribution is -2.31. The van der Waals surface area contributed by atoms with Crippen molar-refractivity contribution >= 4 is 23.1 Å². The summed E-state index contributed by atoms with van der Waals surface area (Å²) in [7, 11) is 0. The average molecular weight is 285 g/mol. The van der Waals surface area contributed by atoms with Crippen LogP contribution in [-0.2, 0) is 0 Å².